The first-order chi connectivity index (χ1) is 10.8. The first-order valence-corrected chi connectivity index (χ1v) is 8.00. The van der Waals surface area contributed by atoms with E-state index in [0.29, 0.717) is 11.6 Å². The van der Waals surface area contributed by atoms with Crippen LogP contribution in [-0.2, 0) is 6.54 Å². The van der Waals surface area contributed by atoms with Crippen LogP contribution in [0.15, 0.2) is 54.6 Å². The summed E-state index contributed by atoms with van der Waals surface area (Å²) in [4.78, 5) is 12.2. The van der Waals surface area contributed by atoms with Crippen molar-refractivity contribution in [3.63, 3.8) is 0 Å². The van der Waals surface area contributed by atoms with Crippen LogP contribution in [0, 0.1) is 0 Å². The van der Waals surface area contributed by atoms with Gasteiger partial charge >= 0.3 is 0 Å². The van der Waals surface area contributed by atoms with Gasteiger partial charge in [0.1, 0.15) is 0 Å². The number of para-hydroxylation sites is 1. The monoisotopic (exact) mass is 294 g/mol. The van der Waals surface area contributed by atoms with Gasteiger partial charge in [-0.25, -0.2) is 0 Å². The zero-order chi connectivity index (χ0) is 15.2. The van der Waals surface area contributed by atoms with E-state index in [1.165, 1.54) is 31.2 Å². The van der Waals surface area contributed by atoms with Gasteiger partial charge in [0.15, 0.2) is 0 Å². The molecule has 1 aliphatic carbocycles. The lowest BCUT2D eigenvalue weighted by Gasteiger charge is -2.12. The Labute approximate surface area is 131 Å². The lowest BCUT2D eigenvalue weighted by Crippen LogP contribution is -2.25. The first kappa shape index (κ1) is 14.8. The van der Waals surface area contributed by atoms with E-state index in [2.05, 4.69) is 10.6 Å². The van der Waals surface area contributed by atoms with Crippen molar-refractivity contribution >= 4 is 11.6 Å². The average Bonchev–Trinajstić information content (AvgIpc) is 3.08. The van der Waals surface area contributed by atoms with Crippen LogP contribution in [0.1, 0.15) is 41.6 Å². The van der Waals surface area contributed by atoms with E-state index in [-0.39, 0.29) is 5.91 Å². The molecule has 0 spiro atoms. The highest BCUT2D eigenvalue weighted by molar-refractivity contribution is 6.04. The quantitative estimate of drug-likeness (QED) is 0.876. The third-order valence-corrected chi connectivity index (χ3v) is 4.20. The second-order valence-electron chi connectivity index (χ2n) is 5.88. The maximum Gasteiger partial charge on any atom is 0.255 e. The van der Waals surface area contributed by atoms with Gasteiger partial charge in [-0.1, -0.05) is 43.2 Å². The summed E-state index contributed by atoms with van der Waals surface area (Å²) in [6, 6.07) is 18.0. The second-order valence-corrected chi connectivity index (χ2v) is 5.88. The summed E-state index contributed by atoms with van der Waals surface area (Å²) in [5, 5.41) is 6.49. The van der Waals surface area contributed by atoms with Gasteiger partial charge in [-0.15, -0.1) is 0 Å². The molecule has 0 atom stereocenters. The number of hydrogen-bond donors (Lipinski definition) is 2. The number of benzene rings is 2. The summed E-state index contributed by atoms with van der Waals surface area (Å²) < 4.78 is 0. The van der Waals surface area contributed by atoms with Crippen LogP contribution >= 0.6 is 0 Å². The fourth-order valence-electron chi connectivity index (χ4n) is 2.89. The zero-order valence-electron chi connectivity index (χ0n) is 12.7. The van der Waals surface area contributed by atoms with E-state index >= 15 is 0 Å². The molecule has 0 bridgehead atoms. The molecule has 2 aromatic carbocycles. The largest absolute Gasteiger partial charge is 0.322 e. The lowest BCUT2D eigenvalue weighted by molar-refractivity contribution is 0.102. The summed E-state index contributed by atoms with van der Waals surface area (Å²) in [5.41, 5.74) is 2.73. The normalized spacial score (nSPS) is 14.9. The van der Waals surface area contributed by atoms with Crippen molar-refractivity contribution in [2.24, 2.45) is 0 Å². The Morgan fingerprint density at radius 1 is 0.955 bits per heavy atom. The summed E-state index contributed by atoms with van der Waals surface area (Å²) in [6.45, 7) is 0.880. The SMILES string of the molecule is O=C(Nc1ccccc1)c1ccc(CNC2CCCC2)cc1. The van der Waals surface area contributed by atoms with Gasteiger partial charge in [-0.3, -0.25) is 4.79 Å². The Morgan fingerprint density at radius 3 is 2.32 bits per heavy atom. The molecular weight excluding hydrogens is 272 g/mol. The molecule has 0 heterocycles. The van der Waals surface area contributed by atoms with Gasteiger partial charge in [0.25, 0.3) is 5.91 Å². The van der Waals surface area contributed by atoms with Gasteiger partial charge in [-0.2, -0.15) is 0 Å². The standard InChI is InChI=1S/C19H22N2O/c22-19(21-18-8-2-1-3-9-18)16-12-10-15(11-13-16)14-20-17-6-4-5-7-17/h1-3,8-13,17,20H,4-7,14H2,(H,21,22). The maximum absolute atomic E-state index is 12.2. The third kappa shape index (κ3) is 3.95. The molecule has 1 aliphatic rings. The van der Waals surface area contributed by atoms with Gasteiger partial charge in [0.05, 0.1) is 0 Å². The highest BCUT2D eigenvalue weighted by atomic mass is 16.1. The van der Waals surface area contributed by atoms with Crippen LogP contribution in [0.3, 0.4) is 0 Å². The topological polar surface area (TPSA) is 41.1 Å². The molecule has 2 N–H and O–H groups in total. The van der Waals surface area contributed by atoms with Crippen molar-refractivity contribution in [1.82, 2.24) is 5.32 Å². The first-order valence-electron chi connectivity index (χ1n) is 8.00. The predicted octanol–water partition coefficient (Wildman–Crippen LogP) is 3.97. The molecule has 0 radical (unpaired) electrons. The Morgan fingerprint density at radius 2 is 1.64 bits per heavy atom. The molecule has 114 valence electrons. The number of rotatable bonds is 5. The molecule has 3 heteroatoms. The van der Waals surface area contributed by atoms with Crippen LogP contribution in [0.25, 0.3) is 0 Å². The Kier molecular flexibility index (Phi) is 4.86. The molecule has 1 fully saturated rings. The Bertz CT molecular complexity index is 601. The molecule has 0 aromatic heterocycles. The minimum Gasteiger partial charge on any atom is -0.322 e. The minimum atomic E-state index is -0.0681. The van der Waals surface area contributed by atoms with Crippen molar-refractivity contribution in [3.05, 3.63) is 65.7 Å². The van der Waals surface area contributed by atoms with E-state index in [1.807, 2.05) is 54.6 Å². The van der Waals surface area contributed by atoms with Crippen LogP contribution in [0.2, 0.25) is 0 Å². The number of anilines is 1. The van der Waals surface area contributed by atoms with Crippen molar-refractivity contribution in [2.75, 3.05) is 5.32 Å². The van der Waals surface area contributed by atoms with Crippen LogP contribution in [0.5, 0.6) is 0 Å². The van der Waals surface area contributed by atoms with E-state index in [4.69, 9.17) is 0 Å². The summed E-state index contributed by atoms with van der Waals surface area (Å²) in [6.07, 6.45) is 5.27. The molecule has 3 rings (SSSR count). The molecule has 2 aromatic rings. The molecule has 1 amide bonds. The van der Waals surface area contributed by atoms with Crippen LogP contribution < -0.4 is 10.6 Å². The van der Waals surface area contributed by atoms with Gasteiger partial charge in [0.2, 0.25) is 0 Å². The van der Waals surface area contributed by atoms with Crippen molar-refractivity contribution in [2.45, 2.75) is 38.3 Å². The van der Waals surface area contributed by atoms with E-state index in [1.54, 1.807) is 0 Å². The molecule has 0 saturated heterocycles. The summed E-state index contributed by atoms with van der Waals surface area (Å²) in [5.74, 6) is -0.0681. The number of hydrogen-bond acceptors (Lipinski definition) is 2. The molecule has 1 saturated carbocycles. The van der Waals surface area contributed by atoms with Crippen molar-refractivity contribution in [1.29, 1.82) is 0 Å². The van der Waals surface area contributed by atoms with Crippen molar-refractivity contribution in [3.8, 4) is 0 Å². The van der Waals surface area contributed by atoms with Crippen LogP contribution in [-0.4, -0.2) is 11.9 Å². The fraction of sp³-hybridized carbons (Fsp3) is 0.316. The average molecular weight is 294 g/mol. The number of carbonyl (C=O) groups excluding carboxylic acids is 1. The number of nitrogens with one attached hydrogen (secondary N) is 2. The van der Waals surface area contributed by atoms with E-state index in [9.17, 15) is 4.79 Å². The lowest BCUT2D eigenvalue weighted by atomic mass is 10.1. The number of amides is 1. The predicted molar refractivity (Wildman–Crippen MR) is 89.9 cm³/mol. The molecule has 0 unspecified atom stereocenters. The summed E-state index contributed by atoms with van der Waals surface area (Å²) in [7, 11) is 0. The molecule has 3 nitrogen and oxygen atoms in total. The van der Waals surface area contributed by atoms with Gasteiger partial charge in [-0.05, 0) is 42.7 Å². The number of carbonyl (C=O) groups is 1. The van der Waals surface area contributed by atoms with Gasteiger partial charge < -0.3 is 10.6 Å². The molecule has 22 heavy (non-hydrogen) atoms. The zero-order valence-corrected chi connectivity index (χ0v) is 12.7. The third-order valence-electron chi connectivity index (χ3n) is 4.20. The summed E-state index contributed by atoms with van der Waals surface area (Å²) >= 11 is 0. The van der Waals surface area contributed by atoms with Crippen LogP contribution in [0.4, 0.5) is 5.69 Å². The Hall–Kier alpha value is -2.13. The highest BCUT2D eigenvalue weighted by Gasteiger charge is 2.13. The van der Waals surface area contributed by atoms with Gasteiger partial charge in [0, 0.05) is 23.8 Å². The molecule has 0 aliphatic heterocycles. The van der Waals surface area contributed by atoms with E-state index < -0.39 is 0 Å². The highest BCUT2D eigenvalue weighted by Crippen LogP contribution is 2.18. The fourth-order valence-corrected chi connectivity index (χ4v) is 2.89. The smallest absolute Gasteiger partial charge is 0.255 e. The Balaban J connectivity index is 1.55. The second kappa shape index (κ2) is 7.23. The molecular formula is C19H22N2O. The van der Waals surface area contributed by atoms with Crippen molar-refractivity contribution < 1.29 is 4.79 Å². The minimum absolute atomic E-state index is 0.0681. The van der Waals surface area contributed by atoms with E-state index in [0.717, 1.165) is 12.2 Å². The maximum atomic E-state index is 12.2.